The van der Waals surface area contributed by atoms with Gasteiger partial charge in [-0.2, -0.15) is 0 Å². The molecule has 0 saturated heterocycles. The van der Waals surface area contributed by atoms with E-state index in [-0.39, 0.29) is 17.2 Å². The molecule has 0 aromatic heterocycles. The van der Waals surface area contributed by atoms with Crippen molar-refractivity contribution < 1.29 is 9.90 Å². The number of amides is 1. The summed E-state index contributed by atoms with van der Waals surface area (Å²) in [6.07, 6.45) is 4.95. The quantitative estimate of drug-likeness (QED) is 0.826. The van der Waals surface area contributed by atoms with Crippen LogP contribution in [0.5, 0.6) is 5.75 Å². The van der Waals surface area contributed by atoms with Gasteiger partial charge in [-0.25, -0.2) is 0 Å². The predicted octanol–water partition coefficient (Wildman–Crippen LogP) is 2.89. The number of aryl methyl sites for hydroxylation is 1. The number of fused-ring (bicyclic) bond motifs is 3. The summed E-state index contributed by atoms with van der Waals surface area (Å²) in [5.74, 6) is 0.421. The molecule has 1 aromatic rings. The molecule has 0 unspecified atom stereocenters. The van der Waals surface area contributed by atoms with E-state index in [2.05, 4.69) is 6.92 Å². The monoisotopic (exact) mass is 273 g/mol. The van der Waals surface area contributed by atoms with E-state index in [1.807, 2.05) is 19.1 Å². The zero-order valence-corrected chi connectivity index (χ0v) is 12.3. The molecule has 2 aliphatic rings. The molecular weight excluding hydrogens is 250 g/mol. The number of rotatable bonds is 1. The van der Waals surface area contributed by atoms with Crippen LogP contribution in [0.1, 0.15) is 50.7 Å². The van der Waals surface area contributed by atoms with Crippen LogP contribution in [0.4, 0.5) is 0 Å². The molecule has 20 heavy (non-hydrogen) atoms. The predicted molar refractivity (Wildman–Crippen MR) is 78.4 cm³/mol. The summed E-state index contributed by atoms with van der Waals surface area (Å²) in [7, 11) is 0. The smallest absolute Gasteiger partial charge is 0.223 e. The molecule has 0 heterocycles. The largest absolute Gasteiger partial charge is 0.508 e. The molecular formula is C17H23NO2. The number of primary amides is 1. The Morgan fingerprint density at radius 2 is 2.10 bits per heavy atom. The number of nitrogens with two attached hydrogens (primary N) is 1. The highest BCUT2D eigenvalue weighted by molar-refractivity contribution is 5.81. The Bertz CT molecular complexity index is 568. The summed E-state index contributed by atoms with van der Waals surface area (Å²) in [5.41, 5.74) is 7.80. The van der Waals surface area contributed by atoms with Gasteiger partial charge in [0.15, 0.2) is 0 Å². The van der Waals surface area contributed by atoms with E-state index < -0.39 is 5.41 Å². The number of phenolic OH excluding ortho intramolecular Hbond substituents is 1. The maximum atomic E-state index is 12.0. The Morgan fingerprint density at radius 1 is 1.35 bits per heavy atom. The van der Waals surface area contributed by atoms with E-state index in [0.717, 1.165) is 32.1 Å². The van der Waals surface area contributed by atoms with Crippen LogP contribution < -0.4 is 5.73 Å². The van der Waals surface area contributed by atoms with Crippen molar-refractivity contribution in [2.45, 2.75) is 51.4 Å². The van der Waals surface area contributed by atoms with Crippen molar-refractivity contribution in [3.63, 3.8) is 0 Å². The second kappa shape index (κ2) is 4.24. The van der Waals surface area contributed by atoms with Crippen LogP contribution in [0.25, 0.3) is 0 Å². The normalized spacial score (nSPS) is 36.0. The molecule has 0 bridgehead atoms. The van der Waals surface area contributed by atoms with Crippen molar-refractivity contribution in [2.24, 2.45) is 17.1 Å². The van der Waals surface area contributed by atoms with Gasteiger partial charge in [-0.05, 0) is 60.3 Å². The number of aromatic hydroxyl groups is 1. The minimum Gasteiger partial charge on any atom is -0.508 e. The lowest BCUT2D eigenvalue weighted by Gasteiger charge is -2.54. The molecule has 3 atom stereocenters. The van der Waals surface area contributed by atoms with Crippen molar-refractivity contribution in [3.05, 3.63) is 29.3 Å². The number of carbonyl (C=O) groups excluding carboxylic acids is 1. The summed E-state index contributed by atoms with van der Waals surface area (Å²) in [6, 6.07) is 5.69. The number of hydrogen-bond acceptors (Lipinski definition) is 2. The Balaban J connectivity index is 2.13. The summed E-state index contributed by atoms with van der Waals surface area (Å²) in [5, 5.41) is 9.84. The lowest BCUT2D eigenvalue weighted by Crippen LogP contribution is -2.54. The van der Waals surface area contributed by atoms with Gasteiger partial charge in [-0.3, -0.25) is 4.79 Å². The van der Waals surface area contributed by atoms with E-state index in [9.17, 15) is 9.90 Å². The SMILES string of the molecule is C[C@]1(C(N)=O)CCC[C@]2(C)c3cc(O)ccc3CC[C@@H]12. The second-order valence-electron chi connectivity index (χ2n) is 6.99. The zero-order valence-electron chi connectivity index (χ0n) is 12.3. The van der Waals surface area contributed by atoms with E-state index in [1.54, 1.807) is 6.07 Å². The summed E-state index contributed by atoms with van der Waals surface area (Å²) < 4.78 is 0. The van der Waals surface area contributed by atoms with Gasteiger partial charge in [0, 0.05) is 5.41 Å². The molecule has 1 amide bonds. The zero-order chi connectivity index (χ0) is 14.5. The average molecular weight is 273 g/mol. The van der Waals surface area contributed by atoms with Crippen LogP contribution in [-0.4, -0.2) is 11.0 Å². The highest BCUT2D eigenvalue weighted by Gasteiger charge is 2.54. The van der Waals surface area contributed by atoms with Crippen molar-refractivity contribution in [3.8, 4) is 5.75 Å². The van der Waals surface area contributed by atoms with Gasteiger partial charge in [0.2, 0.25) is 5.91 Å². The molecule has 2 aliphatic carbocycles. The topological polar surface area (TPSA) is 63.3 Å². The second-order valence-corrected chi connectivity index (χ2v) is 6.99. The van der Waals surface area contributed by atoms with Gasteiger partial charge in [0.25, 0.3) is 0 Å². The lowest BCUT2D eigenvalue weighted by atomic mass is 9.49. The summed E-state index contributed by atoms with van der Waals surface area (Å²) >= 11 is 0. The van der Waals surface area contributed by atoms with Crippen molar-refractivity contribution >= 4 is 5.91 Å². The van der Waals surface area contributed by atoms with Crippen LogP contribution in [-0.2, 0) is 16.6 Å². The van der Waals surface area contributed by atoms with E-state index in [1.165, 1.54) is 11.1 Å². The van der Waals surface area contributed by atoms with Crippen molar-refractivity contribution in [1.29, 1.82) is 0 Å². The fourth-order valence-corrected chi connectivity index (χ4v) is 4.74. The number of hydrogen-bond donors (Lipinski definition) is 2. The van der Waals surface area contributed by atoms with Crippen LogP contribution in [0.2, 0.25) is 0 Å². The van der Waals surface area contributed by atoms with E-state index in [0.29, 0.717) is 5.75 Å². The number of carbonyl (C=O) groups is 1. The molecule has 0 spiro atoms. The fourth-order valence-electron chi connectivity index (χ4n) is 4.74. The van der Waals surface area contributed by atoms with Crippen LogP contribution in [0.15, 0.2) is 18.2 Å². The maximum Gasteiger partial charge on any atom is 0.223 e. The first-order valence-electron chi connectivity index (χ1n) is 7.50. The molecule has 1 saturated carbocycles. The minimum atomic E-state index is -0.420. The Morgan fingerprint density at radius 3 is 2.80 bits per heavy atom. The highest BCUT2D eigenvalue weighted by atomic mass is 16.3. The third-order valence-corrected chi connectivity index (χ3v) is 5.90. The summed E-state index contributed by atoms with van der Waals surface area (Å²) in [4.78, 5) is 12.0. The molecule has 108 valence electrons. The number of phenols is 1. The minimum absolute atomic E-state index is 0.0473. The molecule has 0 aliphatic heterocycles. The standard InChI is InChI=1S/C17H23NO2/c1-16-8-3-9-17(2,15(18)20)14(16)7-5-11-4-6-12(19)10-13(11)16/h4,6,10,14,19H,3,5,7-9H2,1-2H3,(H2,18,20)/t14-,16-,17+/m1/s1. The van der Waals surface area contributed by atoms with E-state index in [4.69, 9.17) is 5.73 Å². The number of benzene rings is 1. The van der Waals surface area contributed by atoms with Crippen molar-refractivity contribution in [2.75, 3.05) is 0 Å². The third kappa shape index (κ3) is 1.68. The molecule has 1 fully saturated rings. The third-order valence-electron chi connectivity index (χ3n) is 5.90. The van der Waals surface area contributed by atoms with E-state index >= 15 is 0 Å². The highest BCUT2D eigenvalue weighted by Crippen LogP contribution is 2.57. The average Bonchev–Trinajstić information content (AvgIpc) is 2.39. The molecule has 1 aromatic carbocycles. The maximum absolute atomic E-state index is 12.0. The van der Waals surface area contributed by atoms with Gasteiger partial charge in [-0.1, -0.05) is 26.3 Å². The van der Waals surface area contributed by atoms with Gasteiger partial charge in [0.1, 0.15) is 5.75 Å². The van der Waals surface area contributed by atoms with Crippen LogP contribution >= 0.6 is 0 Å². The van der Waals surface area contributed by atoms with Crippen LogP contribution in [0, 0.1) is 11.3 Å². The molecule has 3 nitrogen and oxygen atoms in total. The first-order valence-corrected chi connectivity index (χ1v) is 7.50. The first-order chi connectivity index (χ1) is 9.38. The van der Waals surface area contributed by atoms with Gasteiger partial charge >= 0.3 is 0 Å². The van der Waals surface area contributed by atoms with Gasteiger partial charge in [0.05, 0.1) is 0 Å². The molecule has 3 heteroatoms. The Kier molecular flexibility index (Phi) is 2.86. The Hall–Kier alpha value is -1.51. The van der Waals surface area contributed by atoms with Gasteiger partial charge < -0.3 is 10.8 Å². The summed E-state index contributed by atoms with van der Waals surface area (Å²) in [6.45, 7) is 4.28. The van der Waals surface area contributed by atoms with Gasteiger partial charge in [-0.15, -0.1) is 0 Å². The molecule has 0 radical (unpaired) electrons. The van der Waals surface area contributed by atoms with Crippen LogP contribution in [0.3, 0.4) is 0 Å². The molecule has 3 rings (SSSR count). The fraction of sp³-hybridized carbons (Fsp3) is 0.588. The lowest BCUT2D eigenvalue weighted by molar-refractivity contribution is -0.135. The Labute approximate surface area is 120 Å². The van der Waals surface area contributed by atoms with Crippen molar-refractivity contribution in [1.82, 2.24) is 0 Å². The first kappa shape index (κ1) is 13.5. The molecule has 3 N–H and O–H groups in total.